The fraction of sp³-hybridized carbons (Fsp3) is 0.800. The number of hydrogen-bond acceptors (Lipinski definition) is 5. The number of aliphatic hydroxyl groups is 4. The van der Waals surface area contributed by atoms with Crippen molar-refractivity contribution in [3.63, 3.8) is 0 Å². The molecule has 0 radical (unpaired) electrons. The predicted octanol–water partition coefficient (Wildman–Crippen LogP) is -1.63. The molecule has 0 aromatic rings. The van der Waals surface area contributed by atoms with E-state index in [1.54, 1.807) is 6.08 Å². The van der Waals surface area contributed by atoms with Crippen molar-refractivity contribution in [3.05, 3.63) is 12.7 Å². The Morgan fingerprint density at radius 1 is 1.07 bits per heavy atom. The first-order valence-corrected chi connectivity index (χ1v) is 5.13. The van der Waals surface area contributed by atoms with Gasteiger partial charge in [0.25, 0.3) is 0 Å². The van der Waals surface area contributed by atoms with Crippen LogP contribution in [0.3, 0.4) is 0 Å². The van der Waals surface area contributed by atoms with Crippen LogP contribution < -0.4 is 5.32 Å². The molecule has 0 spiro atoms. The lowest BCUT2D eigenvalue weighted by Crippen LogP contribution is -2.65. The van der Waals surface area contributed by atoms with Crippen molar-refractivity contribution in [2.24, 2.45) is 0 Å². The number of hydrogen-bond donors (Lipinski definition) is 5. The lowest BCUT2D eigenvalue weighted by atomic mass is 9.88. The van der Waals surface area contributed by atoms with Gasteiger partial charge in [0.05, 0.1) is 24.9 Å². The fourth-order valence-electron chi connectivity index (χ4n) is 1.86. The molecule has 0 aliphatic carbocycles. The van der Waals surface area contributed by atoms with Crippen molar-refractivity contribution in [2.45, 2.75) is 43.2 Å². The quantitative estimate of drug-likeness (QED) is 0.365. The van der Waals surface area contributed by atoms with Gasteiger partial charge in [-0.05, 0) is 12.8 Å². The van der Waals surface area contributed by atoms with E-state index in [2.05, 4.69) is 11.9 Å². The lowest BCUT2D eigenvalue weighted by Gasteiger charge is -2.41. The van der Waals surface area contributed by atoms with Gasteiger partial charge in [0.15, 0.2) is 0 Å². The summed E-state index contributed by atoms with van der Waals surface area (Å²) in [6.07, 6.45) is -0.314. The largest absolute Gasteiger partial charge is 0.395 e. The molecule has 5 atom stereocenters. The molecule has 5 nitrogen and oxygen atoms in total. The third-order valence-corrected chi connectivity index (χ3v) is 2.83. The molecule has 88 valence electrons. The van der Waals surface area contributed by atoms with Gasteiger partial charge in [-0.15, -0.1) is 6.58 Å². The van der Waals surface area contributed by atoms with Crippen LogP contribution in [0.25, 0.3) is 0 Å². The smallest absolute Gasteiger partial charge is 0.109 e. The van der Waals surface area contributed by atoms with Gasteiger partial charge < -0.3 is 25.7 Å². The lowest BCUT2D eigenvalue weighted by molar-refractivity contribution is -0.120. The third-order valence-electron chi connectivity index (χ3n) is 2.83. The normalized spacial score (nSPS) is 41.5. The molecule has 0 amide bonds. The van der Waals surface area contributed by atoms with Crippen LogP contribution in [-0.2, 0) is 0 Å². The van der Waals surface area contributed by atoms with Gasteiger partial charge in [0.2, 0.25) is 0 Å². The van der Waals surface area contributed by atoms with E-state index < -0.39 is 24.4 Å². The highest BCUT2D eigenvalue weighted by atomic mass is 16.4. The zero-order valence-corrected chi connectivity index (χ0v) is 8.58. The minimum absolute atomic E-state index is 0.268. The topological polar surface area (TPSA) is 93.0 Å². The van der Waals surface area contributed by atoms with Crippen molar-refractivity contribution in [1.29, 1.82) is 0 Å². The average Bonchev–Trinajstić information content (AvgIpc) is 2.25. The Morgan fingerprint density at radius 3 is 2.20 bits per heavy atom. The van der Waals surface area contributed by atoms with Gasteiger partial charge in [-0.2, -0.15) is 0 Å². The van der Waals surface area contributed by atoms with Gasteiger partial charge >= 0.3 is 0 Å². The number of piperidine rings is 1. The maximum Gasteiger partial charge on any atom is 0.109 e. The molecule has 5 heteroatoms. The Bertz CT molecular complexity index is 210. The Labute approximate surface area is 89.1 Å². The summed E-state index contributed by atoms with van der Waals surface area (Å²) in [6, 6.07) is -0.906. The molecule has 1 heterocycles. The minimum Gasteiger partial charge on any atom is -0.395 e. The Hall–Kier alpha value is -0.460. The van der Waals surface area contributed by atoms with E-state index in [4.69, 9.17) is 5.11 Å². The SMILES string of the molecule is C=CCCC1NC(CO)C(O)C(O)C1O. The highest BCUT2D eigenvalue weighted by Gasteiger charge is 2.41. The van der Waals surface area contributed by atoms with Crippen LogP contribution in [0.4, 0.5) is 0 Å². The van der Waals surface area contributed by atoms with Crippen LogP contribution in [0.15, 0.2) is 12.7 Å². The zero-order valence-electron chi connectivity index (χ0n) is 8.58. The van der Waals surface area contributed by atoms with Crippen LogP contribution in [0, 0.1) is 0 Å². The summed E-state index contributed by atoms with van der Waals surface area (Å²) in [6.45, 7) is 3.30. The molecule has 0 aromatic heterocycles. The molecule has 5 unspecified atom stereocenters. The van der Waals surface area contributed by atoms with Gasteiger partial charge in [-0.3, -0.25) is 0 Å². The number of aliphatic hydroxyl groups excluding tert-OH is 4. The maximum absolute atomic E-state index is 9.66. The molecule has 5 N–H and O–H groups in total. The van der Waals surface area contributed by atoms with E-state index in [9.17, 15) is 15.3 Å². The van der Waals surface area contributed by atoms with E-state index >= 15 is 0 Å². The van der Waals surface area contributed by atoms with Crippen molar-refractivity contribution in [2.75, 3.05) is 6.61 Å². The summed E-state index contributed by atoms with van der Waals surface area (Å²) in [5.74, 6) is 0. The number of allylic oxidation sites excluding steroid dienone is 1. The summed E-state index contributed by atoms with van der Waals surface area (Å²) in [4.78, 5) is 0. The average molecular weight is 217 g/mol. The molecular weight excluding hydrogens is 198 g/mol. The summed E-state index contributed by atoms with van der Waals surface area (Å²) in [7, 11) is 0. The molecule has 0 saturated carbocycles. The van der Waals surface area contributed by atoms with E-state index in [-0.39, 0.29) is 12.6 Å². The van der Waals surface area contributed by atoms with Crippen LogP contribution in [0.1, 0.15) is 12.8 Å². The Morgan fingerprint density at radius 2 is 1.67 bits per heavy atom. The van der Waals surface area contributed by atoms with Gasteiger partial charge in [0.1, 0.15) is 6.10 Å². The van der Waals surface area contributed by atoms with Crippen LogP contribution in [0.2, 0.25) is 0 Å². The summed E-state index contributed by atoms with van der Waals surface area (Å²) in [5.41, 5.74) is 0. The van der Waals surface area contributed by atoms with E-state index in [1.807, 2.05) is 0 Å². The molecule has 1 aliphatic heterocycles. The third kappa shape index (κ3) is 2.76. The van der Waals surface area contributed by atoms with Crippen molar-refractivity contribution in [1.82, 2.24) is 5.32 Å². The maximum atomic E-state index is 9.66. The second kappa shape index (κ2) is 5.58. The molecule has 1 saturated heterocycles. The number of nitrogens with one attached hydrogen (secondary N) is 1. The molecule has 0 aromatic carbocycles. The second-order valence-electron chi connectivity index (χ2n) is 3.90. The Balaban J connectivity index is 2.60. The molecule has 15 heavy (non-hydrogen) atoms. The standard InChI is InChI=1S/C10H19NO4/c1-2-3-4-6-8(13)10(15)9(14)7(5-12)11-6/h2,6-15H,1,3-5H2. The Kier molecular flexibility index (Phi) is 4.69. The highest BCUT2D eigenvalue weighted by Crippen LogP contribution is 2.18. The fourth-order valence-corrected chi connectivity index (χ4v) is 1.86. The van der Waals surface area contributed by atoms with Gasteiger partial charge in [-0.1, -0.05) is 6.08 Å². The van der Waals surface area contributed by atoms with Crippen molar-refractivity contribution < 1.29 is 20.4 Å². The molecule has 0 bridgehead atoms. The van der Waals surface area contributed by atoms with Gasteiger partial charge in [-0.25, -0.2) is 0 Å². The summed E-state index contributed by atoms with van der Waals surface area (Å²) in [5, 5.41) is 40.6. The van der Waals surface area contributed by atoms with Gasteiger partial charge in [0, 0.05) is 6.04 Å². The zero-order chi connectivity index (χ0) is 11.4. The molecule has 1 fully saturated rings. The summed E-state index contributed by atoms with van der Waals surface area (Å²) >= 11 is 0. The molecule has 1 rings (SSSR count). The van der Waals surface area contributed by atoms with E-state index in [0.29, 0.717) is 12.8 Å². The highest BCUT2D eigenvalue weighted by molar-refractivity contribution is 4.98. The monoisotopic (exact) mass is 217 g/mol. The predicted molar refractivity (Wildman–Crippen MR) is 55.2 cm³/mol. The molecular formula is C10H19NO4. The minimum atomic E-state index is -1.21. The van der Waals surface area contributed by atoms with Crippen LogP contribution in [0.5, 0.6) is 0 Å². The van der Waals surface area contributed by atoms with Crippen LogP contribution >= 0.6 is 0 Å². The number of rotatable bonds is 4. The first kappa shape index (κ1) is 12.6. The molecule has 1 aliphatic rings. The summed E-state index contributed by atoms with van der Waals surface area (Å²) < 4.78 is 0. The first-order chi connectivity index (χ1) is 7.11. The van der Waals surface area contributed by atoms with E-state index in [1.165, 1.54) is 0 Å². The van der Waals surface area contributed by atoms with Crippen LogP contribution in [-0.4, -0.2) is 57.4 Å². The van der Waals surface area contributed by atoms with Crippen molar-refractivity contribution in [3.8, 4) is 0 Å². The van der Waals surface area contributed by atoms with E-state index in [0.717, 1.165) is 0 Å². The second-order valence-corrected chi connectivity index (χ2v) is 3.90. The van der Waals surface area contributed by atoms with Crippen molar-refractivity contribution >= 4 is 0 Å². The first-order valence-electron chi connectivity index (χ1n) is 5.13.